The van der Waals surface area contributed by atoms with Gasteiger partial charge in [0.2, 0.25) is 0 Å². The molecule has 6 heteroatoms. The molecule has 5 nitrogen and oxygen atoms in total. The molecule has 1 aliphatic rings. The van der Waals surface area contributed by atoms with Crippen LogP contribution in [0.15, 0.2) is 11.4 Å². The molecule has 1 aromatic heterocycles. The zero-order chi connectivity index (χ0) is 13.3. The summed E-state index contributed by atoms with van der Waals surface area (Å²) >= 11 is 1.20. The Bertz CT molecular complexity index is 444. The number of piperidine rings is 1. The number of nitrogens with two attached hydrogens (primary N) is 1. The summed E-state index contributed by atoms with van der Waals surface area (Å²) in [6.07, 6.45) is 0.985. The number of likely N-dealkylation sites (tertiary alicyclic amines) is 1. The molecule has 1 unspecified atom stereocenters. The third-order valence-corrected chi connectivity index (χ3v) is 4.55. The van der Waals surface area contributed by atoms with E-state index in [1.807, 2.05) is 5.38 Å². The number of nitrogens with zero attached hydrogens (tertiary/aromatic N) is 2. The van der Waals surface area contributed by atoms with Crippen LogP contribution in [0.2, 0.25) is 0 Å². The molecule has 2 rings (SSSR count). The van der Waals surface area contributed by atoms with Crippen LogP contribution in [0.4, 0.5) is 5.00 Å². The summed E-state index contributed by atoms with van der Waals surface area (Å²) in [5, 5.41) is 12.7. The van der Waals surface area contributed by atoms with Crippen molar-refractivity contribution in [2.45, 2.75) is 32.9 Å². The molecule has 1 saturated heterocycles. The van der Waals surface area contributed by atoms with Gasteiger partial charge in [0, 0.05) is 37.1 Å². The van der Waals surface area contributed by atoms with Crippen molar-refractivity contribution in [3.63, 3.8) is 0 Å². The first-order chi connectivity index (χ1) is 8.38. The van der Waals surface area contributed by atoms with Gasteiger partial charge < -0.3 is 5.73 Å². The maximum atomic E-state index is 10.6. The van der Waals surface area contributed by atoms with Crippen LogP contribution in [0, 0.1) is 15.5 Å². The van der Waals surface area contributed by atoms with Crippen molar-refractivity contribution in [2.24, 2.45) is 11.1 Å². The monoisotopic (exact) mass is 269 g/mol. The second-order valence-electron chi connectivity index (χ2n) is 5.64. The Kier molecular flexibility index (Phi) is 3.70. The van der Waals surface area contributed by atoms with E-state index < -0.39 is 0 Å². The van der Waals surface area contributed by atoms with Crippen LogP contribution < -0.4 is 5.73 Å². The number of hydrogen-bond acceptors (Lipinski definition) is 5. The van der Waals surface area contributed by atoms with Gasteiger partial charge >= 0.3 is 5.00 Å². The minimum absolute atomic E-state index is 0.111. The molecule has 0 spiro atoms. The van der Waals surface area contributed by atoms with Crippen LogP contribution in [0.25, 0.3) is 0 Å². The van der Waals surface area contributed by atoms with Crippen molar-refractivity contribution in [1.82, 2.24) is 4.90 Å². The fraction of sp³-hybridized carbons (Fsp3) is 0.667. The van der Waals surface area contributed by atoms with E-state index in [0.717, 1.165) is 31.6 Å². The molecule has 2 heterocycles. The van der Waals surface area contributed by atoms with Gasteiger partial charge in [0.15, 0.2) is 0 Å². The van der Waals surface area contributed by atoms with E-state index in [0.29, 0.717) is 0 Å². The fourth-order valence-electron chi connectivity index (χ4n) is 2.42. The van der Waals surface area contributed by atoms with Crippen molar-refractivity contribution in [2.75, 3.05) is 13.1 Å². The van der Waals surface area contributed by atoms with Gasteiger partial charge in [-0.2, -0.15) is 0 Å². The van der Waals surface area contributed by atoms with Crippen LogP contribution in [0.5, 0.6) is 0 Å². The molecule has 1 fully saturated rings. The molecular formula is C12H19N3O2S. The van der Waals surface area contributed by atoms with Crippen molar-refractivity contribution in [3.8, 4) is 0 Å². The number of hydrogen-bond donors (Lipinski definition) is 1. The fourth-order valence-corrected chi connectivity index (χ4v) is 3.14. The first-order valence-corrected chi connectivity index (χ1v) is 6.96. The van der Waals surface area contributed by atoms with Crippen LogP contribution in [0.3, 0.4) is 0 Å². The van der Waals surface area contributed by atoms with E-state index in [2.05, 4.69) is 18.7 Å². The zero-order valence-electron chi connectivity index (χ0n) is 10.8. The number of thiophene rings is 1. The lowest BCUT2D eigenvalue weighted by Gasteiger charge is -2.42. The Morgan fingerprint density at radius 1 is 1.67 bits per heavy atom. The van der Waals surface area contributed by atoms with Crippen molar-refractivity contribution < 1.29 is 4.92 Å². The SMILES string of the molecule is CC1(C)CN(Cc2csc([N+](=O)[O-])c2)CCC1N. The van der Waals surface area contributed by atoms with Crippen LogP contribution in [-0.2, 0) is 6.54 Å². The molecule has 18 heavy (non-hydrogen) atoms. The predicted octanol–water partition coefficient (Wildman–Crippen LogP) is 2.22. The van der Waals surface area contributed by atoms with Gasteiger partial charge in [-0.15, -0.1) is 0 Å². The van der Waals surface area contributed by atoms with E-state index in [-0.39, 0.29) is 21.4 Å². The molecular weight excluding hydrogens is 250 g/mol. The normalized spacial score (nSPS) is 24.1. The third-order valence-electron chi connectivity index (χ3n) is 3.62. The largest absolute Gasteiger partial charge is 0.327 e. The molecule has 0 amide bonds. The van der Waals surface area contributed by atoms with Gasteiger partial charge in [-0.3, -0.25) is 15.0 Å². The van der Waals surface area contributed by atoms with Gasteiger partial charge in [-0.1, -0.05) is 25.2 Å². The topological polar surface area (TPSA) is 72.4 Å². The van der Waals surface area contributed by atoms with Crippen LogP contribution in [-0.4, -0.2) is 29.0 Å². The average Bonchev–Trinajstić information content (AvgIpc) is 2.72. The van der Waals surface area contributed by atoms with Crippen molar-refractivity contribution in [1.29, 1.82) is 0 Å². The molecule has 0 radical (unpaired) electrons. The minimum atomic E-state index is -0.329. The van der Waals surface area contributed by atoms with Gasteiger partial charge in [-0.05, 0) is 17.4 Å². The third kappa shape index (κ3) is 2.88. The maximum Gasteiger partial charge on any atom is 0.324 e. The van der Waals surface area contributed by atoms with Crippen molar-refractivity contribution >= 4 is 16.3 Å². The highest BCUT2D eigenvalue weighted by atomic mass is 32.1. The summed E-state index contributed by atoms with van der Waals surface area (Å²) in [7, 11) is 0. The lowest BCUT2D eigenvalue weighted by Crippen LogP contribution is -2.51. The quantitative estimate of drug-likeness (QED) is 0.674. The molecule has 2 N–H and O–H groups in total. The van der Waals surface area contributed by atoms with E-state index >= 15 is 0 Å². The molecule has 0 aliphatic carbocycles. The van der Waals surface area contributed by atoms with E-state index in [1.54, 1.807) is 6.07 Å². The summed E-state index contributed by atoms with van der Waals surface area (Å²) in [6.45, 7) is 7.05. The first kappa shape index (κ1) is 13.5. The standard InChI is InChI=1S/C12H19N3O2S/c1-12(2)8-14(4-3-10(12)13)6-9-5-11(15(16)17)18-7-9/h5,7,10H,3-4,6,8,13H2,1-2H3. The Balaban J connectivity index is 1.99. The Labute approximate surface area is 111 Å². The zero-order valence-corrected chi connectivity index (χ0v) is 11.6. The second-order valence-corrected chi connectivity index (χ2v) is 6.53. The predicted molar refractivity (Wildman–Crippen MR) is 72.6 cm³/mol. The first-order valence-electron chi connectivity index (χ1n) is 6.08. The van der Waals surface area contributed by atoms with Gasteiger partial charge in [0.1, 0.15) is 0 Å². The minimum Gasteiger partial charge on any atom is -0.327 e. The summed E-state index contributed by atoms with van der Waals surface area (Å²) in [4.78, 5) is 12.6. The summed E-state index contributed by atoms with van der Waals surface area (Å²) in [5.41, 5.74) is 7.24. The summed E-state index contributed by atoms with van der Waals surface area (Å²) < 4.78 is 0. The lowest BCUT2D eigenvalue weighted by atomic mass is 9.79. The molecule has 100 valence electrons. The maximum absolute atomic E-state index is 10.6. The lowest BCUT2D eigenvalue weighted by molar-refractivity contribution is -0.380. The Hall–Kier alpha value is -0.980. The van der Waals surface area contributed by atoms with Crippen molar-refractivity contribution in [3.05, 3.63) is 27.1 Å². The van der Waals surface area contributed by atoms with E-state index in [1.165, 1.54) is 11.3 Å². The van der Waals surface area contributed by atoms with Gasteiger partial charge in [0.05, 0.1) is 4.92 Å². The highest BCUT2D eigenvalue weighted by Gasteiger charge is 2.33. The molecule has 0 bridgehead atoms. The Morgan fingerprint density at radius 2 is 2.39 bits per heavy atom. The smallest absolute Gasteiger partial charge is 0.324 e. The highest BCUT2D eigenvalue weighted by molar-refractivity contribution is 7.13. The molecule has 1 aliphatic heterocycles. The summed E-state index contributed by atoms with van der Waals surface area (Å²) in [5.74, 6) is 0. The van der Waals surface area contributed by atoms with E-state index in [9.17, 15) is 10.1 Å². The van der Waals surface area contributed by atoms with Crippen LogP contribution >= 0.6 is 11.3 Å². The van der Waals surface area contributed by atoms with Gasteiger partial charge in [0.25, 0.3) is 0 Å². The van der Waals surface area contributed by atoms with Crippen LogP contribution in [0.1, 0.15) is 25.8 Å². The molecule has 1 aromatic rings. The average molecular weight is 269 g/mol. The summed E-state index contributed by atoms with van der Waals surface area (Å²) in [6, 6.07) is 1.91. The second kappa shape index (κ2) is 4.95. The number of nitro groups is 1. The Morgan fingerprint density at radius 3 is 2.94 bits per heavy atom. The van der Waals surface area contributed by atoms with Gasteiger partial charge in [-0.25, -0.2) is 0 Å². The number of rotatable bonds is 3. The highest BCUT2D eigenvalue weighted by Crippen LogP contribution is 2.30. The molecule has 0 saturated carbocycles. The van der Waals surface area contributed by atoms with E-state index in [4.69, 9.17) is 5.73 Å². The molecule has 0 aromatic carbocycles. The molecule has 1 atom stereocenters.